The Morgan fingerprint density at radius 3 is 2.48 bits per heavy atom. The summed E-state index contributed by atoms with van der Waals surface area (Å²) < 4.78 is 5.75. The molecular formula is C26H19NO4. The first kappa shape index (κ1) is 20.0. The molecule has 0 unspecified atom stereocenters. The van der Waals surface area contributed by atoms with Gasteiger partial charge in [0.25, 0.3) is 0 Å². The fourth-order valence-electron chi connectivity index (χ4n) is 3.31. The molecule has 152 valence electrons. The summed E-state index contributed by atoms with van der Waals surface area (Å²) in [6, 6.07) is 24.9. The third-order valence-corrected chi connectivity index (χ3v) is 4.93. The van der Waals surface area contributed by atoms with Gasteiger partial charge in [-0.3, -0.25) is 4.99 Å². The van der Waals surface area contributed by atoms with Crippen LogP contribution in [0.5, 0.6) is 5.75 Å². The molecule has 0 aliphatic heterocycles. The highest BCUT2D eigenvalue weighted by Crippen LogP contribution is 2.28. The van der Waals surface area contributed by atoms with Gasteiger partial charge in [0, 0.05) is 11.8 Å². The number of carbonyl (C=O) groups is 2. The van der Waals surface area contributed by atoms with Gasteiger partial charge < -0.3 is 9.84 Å². The van der Waals surface area contributed by atoms with E-state index in [-0.39, 0.29) is 5.56 Å². The molecule has 0 aliphatic rings. The summed E-state index contributed by atoms with van der Waals surface area (Å²) in [5.74, 6) is -1.09. The smallest absolute Gasteiger partial charge is 0.343 e. The van der Waals surface area contributed by atoms with E-state index in [2.05, 4.69) is 4.99 Å². The van der Waals surface area contributed by atoms with Crippen LogP contribution in [0.15, 0.2) is 89.9 Å². The van der Waals surface area contributed by atoms with E-state index < -0.39 is 11.9 Å². The second kappa shape index (κ2) is 8.63. The number of carbonyl (C=O) groups excluding carboxylic acids is 1. The van der Waals surface area contributed by atoms with Crippen molar-refractivity contribution < 1.29 is 19.4 Å². The van der Waals surface area contributed by atoms with E-state index in [9.17, 15) is 14.7 Å². The highest BCUT2D eigenvalue weighted by atomic mass is 16.5. The van der Waals surface area contributed by atoms with Crippen LogP contribution in [0, 0.1) is 6.92 Å². The fourth-order valence-corrected chi connectivity index (χ4v) is 3.31. The standard InChI is InChI=1S/C26H19NO4/c1-17-7-2-4-11-21(17)26(30)31-24-14-13-18-8-3-5-12-22(18)23(24)16-27-20-10-6-9-19(15-20)25(28)29/h2-16H,1H3,(H,28,29). The van der Waals surface area contributed by atoms with Crippen LogP contribution < -0.4 is 4.74 Å². The first-order valence-electron chi connectivity index (χ1n) is 9.70. The van der Waals surface area contributed by atoms with Crippen molar-refractivity contribution in [2.24, 2.45) is 4.99 Å². The molecule has 0 amide bonds. The highest BCUT2D eigenvalue weighted by molar-refractivity contribution is 6.04. The van der Waals surface area contributed by atoms with Crippen molar-refractivity contribution >= 4 is 34.6 Å². The largest absolute Gasteiger partial charge is 0.478 e. The Kier molecular flexibility index (Phi) is 5.58. The summed E-state index contributed by atoms with van der Waals surface area (Å²) in [6.07, 6.45) is 1.60. The topological polar surface area (TPSA) is 76.0 Å². The van der Waals surface area contributed by atoms with Crippen molar-refractivity contribution in [1.29, 1.82) is 0 Å². The molecule has 5 heteroatoms. The number of aliphatic imine (C=N–C) groups is 1. The maximum atomic E-state index is 12.8. The number of rotatable bonds is 5. The molecule has 0 spiro atoms. The number of carboxylic acid groups (broad SMARTS) is 1. The third kappa shape index (κ3) is 4.36. The number of hydrogen-bond acceptors (Lipinski definition) is 4. The van der Waals surface area contributed by atoms with E-state index in [0.717, 1.165) is 16.3 Å². The third-order valence-electron chi connectivity index (χ3n) is 4.93. The maximum Gasteiger partial charge on any atom is 0.343 e. The van der Waals surface area contributed by atoms with Crippen molar-refractivity contribution in [2.75, 3.05) is 0 Å². The lowest BCUT2D eigenvalue weighted by molar-refractivity contribution is 0.0694. The van der Waals surface area contributed by atoms with Gasteiger partial charge in [-0.15, -0.1) is 0 Å². The average Bonchev–Trinajstić information content (AvgIpc) is 2.78. The summed E-state index contributed by atoms with van der Waals surface area (Å²) in [4.78, 5) is 28.5. The van der Waals surface area contributed by atoms with Crippen LogP contribution in [0.3, 0.4) is 0 Å². The number of aryl methyl sites for hydroxylation is 1. The van der Waals surface area contributed by atoms with E-state index in [1.807, 2.05) is 49.4 Å². The lowest BCUT2D eigenvalue weighted by atomic mass is 10.0. The van der Waals surface area contributed by atoms with Gasteiger partial charge in [0.2, 0.25) is 0 Å². The van der Waals surface area contributed by atoms with Crippen LogP contribution >= 0.6 is 0 Å². The Bertz CT molecular complexity index is 1320. The number of benzene rings is 4. The Morgan fingerprint density at radius 1 is 0.903 bits per heavy atom. The molecule has 0 heterocycles. The quantitative estimate of drug-likeness (QED) is 0.256. The zero-order valence-corrected chi connectivity index (χ0v) is 16.8. The number of esters is 1. The molecular weight excluding hydrogens is 390 g/mol. The minimum absolute atomic E-state index is 0.152. The van der Waals surface area contributed by atoms with Crippen LogP contribution in [0.25, 0.3) is 10.8 Å². The van der Waals surface area contributed by atoms with Crippen LogP contribution in [0.1, 0.15) is 31.8 Å². The van der Waals surface area contributed by atoms with E-state index in [4.69, 9.17) is 4.74 Å². The molecule has 0 bridgehead atoms. The fraction of sp³-hybridized carbons (Fsp3) is 0.0385. The Hall–Kier alpha value is -4.25. The molecule has 0 aliphatic carbocycles. The summed E-state index contributed by atoms with van der Waals surface area (Å²) in [5, 5.41) is 11.0. The van der Waals surface area contributed by atoms with Crippen molar-refractivity contribution in [2.45, 2.75) is 6.92 Å². The molecule has 0 radical (unpaired) electrons. The molecule has 0 fully saturated rings. The first-order valence-corrected chi connectivity index (χ1v) is 9.70. The van der Waals surface area contributed by atoms with Crippen molar-refractivity contribution in [1.82, 2.24) is 0 Å². The van der Waals surface area contributed by atoms with Gasteiger partial charge in [0.05, 0.1) is 16.8 Å². The molecule has 0 saturated carbocycles. The van der Waals surface area contributed by atoms with E-state index in [1.54, 1.807) is 36.5 Å². The predicted molar refractivity (Wildman–Crippen MR) is 121 cm³/mol. The number of aromatic carboxylic acids is 1. The average molecular weight is 409 g/mol. The highest BCUT2D eigenvalue weighted by Gasteiger charge is 2.15. The zero-order chi connectivity index (χ0) is 21.8. The van der Waals surface area contributed by atoms with E-state index >= 15 is 0 Å². The normalized spacial score (nSPS) is 11.0. The molecule has 4 rings (SSSR count). The summed E-state index contributed by atoms with van der Waals surface area (Å²) in [6.45, 7) is 1.86. The van der Waals surface area contributed by atoms with Gasteiger partial charge in [-0.05, 0) is 53.6 Å². The molecule has 31 heavy (non-hydrogen) atoms. The van der Waals surface area contributed by atoms with Crippen molar-refractivity contribution in [3.05, 3.63) is 107 Å². The van der Waals surface area contributed by atoms with Crippen LogP contribution in [-0.4, -0.2) is 23.3 Å². The molecule has 0 saturated heterocycles. The maximum absolute atomic E-state index is 12.8. The molecule has 4 aromatic carbocycles. The first-order chi connectivity index (χ1) is 15.0. The van der Waals surface area contributed by atoms with Gasteiger partial charge in [-0.1, -0.05) is 54.6 Å². The van der Waals surface area contributed by atoms with Gasteiger partial charge in [0.15, 0.2) is 0 Å². The lowest BCUT2D eigenvalue weighted by Crippen LogP contribution is -2.11. The van der Waals surface area contributed by atoms with Gasteiger partial charge >= 0.3 is 11.9 Å². The van der Waals surface area contributed by atoms with E-state index in [1.165, 1.54) is 12.1 Å². The van der Waals surface area contributed by atoms with Crippen LogP contribution in [-0.2, 0) is 0 Å². The number of ether oxygens (including phenoxy) is 1. The van der Waals surface area contributed by atoms with Crippen LogP contribution in [0.4, 0.5) is 5.69 Å². The molecule has 0 atom stereocenters. The molecule has 4 aromatic rings. The van der Waals surface area contributed by atoms with Crippen LogP contribution in [0.2, 0.25) is 0 Å². The SMILES string of the molecule is Cc1ccccc1C(=O)Oc1ccc2ccccc2c1C=Nc1cccc(C(=O)O)c1. The minimum atomic E-state index is -1.02. The number of carboxylic acids is 1. The summed E-state index contributed by atoms with van der Waals surface area (Å²) >= 11 is 0. The summed E-state index contributed by atoms with van der Waals surface area (Å²) in [7, 11) is 0. The van der Waals surface area contributed by atoms with Crippen molar-refractivity contribution in [3.63, 3.8) is 0 Å². The Labute approximate surface area is 179 Å². The molecule has 5 nitrogen and oxygen atoms in total. The van der Waals surface area contributed by atoms with Gasteiger partial charge in [0.1, 0.15) is 5.75 Å². The minimum Gasteiger partial charge on any atom is -0.478 e. The number of nitrogens with zero attached hydrogens (tertiary/aromatic N) is 1. The van der Waals surface area contributed by atoms with Gasteiger partial charge in [-0.2, -0.15) is 0 Å². The van der Waals surface area contributed by atoms with Crippen molar-refractivity contribution in [3.8, 4) is 5.75 Å². The van der Waals surface area contributed by atoms with Gasteiger partial charge in [-0.25, -0.2) is 9.59 Å². The predicted octanol–water partition coefficient (Wildman–Crippen LogP) is 5.82. The summed E-state index contributed by atoms with van der Waals surface area (Å²) in [5.41, 5.74) is 2.60. The zero-order valence-electron chi connectivity index (χ0n) is 16.8. The monoisotopic (exact) mass is 409 g/mol. The number of fused-ring (bicyclic) bond motifs is 1. The molecule has 1 N–H and O–H groups in total. The molecule has 0 aromatic heterocycles. The Balaban J connectivity index is 1.76. The Morgan fingerprint density at radius 2 is 1.68 bits per heavy atom. The number of hydrogen-bond donors (Lipinski definition) is 1. The second-order valence-electron chi connectivity index (χ2n) is 7.02. The van der Waals surface area contributed by atoms with E-state index in [0.29, 0.717) is 22.6 Å². The lowest BCUT2D eigenvalue weighted by Gasteiger charge is -2.11. The second-order valence-corrected chi connectivity index (χ2v) is 7.02.